The Morgan fingerprint density at radius 2 is 1.95 bits per heavy atom. The molecule has 22 heavy (non-hydrogen) atoms. The fourth-order valence-corrected chi connectivity index (χ4v) is 3.41. The molecule has 0 aliphatic heterocycles. The molecule has 0 spiro atoms. The molecule has 0 unspecified atom stereocenters. The number of primary amides is 1. The van der Waals surface area contributed by atoms with Crippen LogP contribution in [0.1, 0.15) is 20.8 Å². The second kappa shape index (κ2) is 5.77. The number of benzene rings is 2. The summed E-state index contributed by atoms with van der Waals surface area (Å²) in [6.45, 7) is 2.24. The first-order chi connectivity index (χ1) is 10.6. The van der Waals surface area contributed by atoms with E-state index in [0.717, 1.165) is 15.1 Å². The molecule has 0 atom stereocenters. The Labute approximate surface area is 131 Å². The van der Waals surface area contributed by atoms with E-state index < -0.39 is 5.91 Å². The van der Waals surface area contributed by atoms with E-state index in [0.29, 0.717) is 16.7 Å². The average molecular weight is 315 g/mol. The minimum Gasteiger partial charge on any atom is -0.489 e. The number of amides is 1. The standard InChI is InChI=1S/C17H14FNO2S/c1-10-13(16-14(18)3-2-4-15(16)22-10)9-21-12-7-5-11(6-8-12)17(19)20/h2-8H,9H2,1H3,(H2,19,20). The lowest BCUT2D eigenvalue weighted by molar-refractivity contribution is 0.1000. The van der Waals surface area contributed by atoms with Crippen LogP contribution in [-0.2, 0) is 6.61 Å². The fraction of sp³-hybridized carbons (Fsp3) is 0.118. The predicted octanol–water partition coefficient (Wildman–Crippen LogP) is 4.03. The van der Waals surface area contributed by atoms with Crippen molar-refractivity contribution in [1.29, 1.82) is 0 Å². The SMILES string of the molecule is Cc1sc2cccc(F)c2c1COc1ccc(C(N)=O)cc1. The molecule has 1 amide bonds. The van der Waals surface area contributed by atoms with E-state index in [4.69, 9.17) is 10.5 Å². The smallest absolute Gasteiger partial charge is 0.248 e. The third kappa shape index (κ3) is 2.67. The normalized spacial score (nSPS) is 10.8. The van der Waals surface area contributed by atoms with Gasteiger partial charge < -0.3 is 10.5 Å². The molecule has 3 rings (SSSR count). The molecule has 0 saturated heterocycles. The number of halogens is 1. The van der Waals surface area contributed by atoms with Crippen LogP contribution >= 0.6 is 11.3 Å². The molecule has 2 N–H and O–H groups in total. The number of hydrogen-bond acceptors (Lipinski definition) is 3. The van der Waals surface area contributed by atoms with Gasteiger partial charge in [-0.3, -0.25) is 4.79 Å². The van der Waals surface area contributed by atoms with Crippen molar-refractivity contribution in [2.45, 2.75) is 13.5 Å². The molecule has 1 aromatic heterocycles. The zero-order chi connectivity index (χ0) is 15.7. The first-order valence-corrected chi connectivity index (χ1v) is 7.57. The molecule has 0 fully saturated rings. The third-order valence-electron chi connectivity index (χ3n) is 3.49. The van der Waals surface area contributed by atoms with Gasteiger partial charge in [-0.2, -0.15) is 0 Å². The highest BCUT2D eigenvalue weighted by atomic mass is 32.1. The summed E-state index contributed by atoms with van der Waals surface area (Å²) < 4.78 is 20.7. The monoisotopic (exact) mass is 315 g/mol. The van der Waals surface area contributed by atoms with E-state index in [1.807, 2.05) is 13.0 Å². The molecule has 0 aliphatic carbocycles. The van der Waals surface area contributed by atoms with Gasteiger partial charge >= 0.3 is 0 Å². The zero-order valence-corrected chi connectivity index (χ0v) is 12.7. The highest BCUT2D eigenvalue weighted by Crippen LogP contribution is 2.33. The second-order valence-corrected chi connectivity index (χ2v) is 6.18. The Hall–Kier alpha value is -2.40. The van der Waals surface area contributed by atoms with E-state index in [-0.39, 0.29) is 12.4 Å². The lowest BCUT2D eigenvalue weighted by Crippen LogP contribution is -2.10. The molecule has 2 aromatic carbocycles. The highest BCUT2D eigenvalue weighted by molar-refractivity contribution is 7.19. The average Bonchev–Trinajstić information content (AvgIpc) is 2.82. The lowest BCUT2D eigenvalue weighted by atomic mass is 10.1. The molecule has 0 radical (unpaired) electrons. The van der Waals surface area contributed by atoms with Crippen LogP contribution in [0.15, 0.2) is 42.5 Å². The minimum absolute atomic E-state index is 0.232. The Balaban J connectivity index is 1.85. The van der Waals surface area contributed by atoms with Gasteiger partial charge in [0, 0.05) is 26.1 Å². The number of fused-ring (bicyclic) bond motifs is 1. The summed E-state index contributed by atoms with van der Waals surface area (Å²) in [5.74, 6) is -0.0992. The largest absolute Gasteiger partial charge is 0.489 e. The van der Waals surface area contributed by atoms with Crippen molar-refractivity contribution in [1.82, 2.24) is 0 Å². The Bertz CT molecular complexity index is 840. The summed E-state index contributed by atoms with van der Waals surface area (Å²) in [6.07, 6.45) is 0. The molecule has 0 bridgehead atoms. The van der Waals surface area contributed by atoms with Crippen LogP contribution in [0.4, 0.5) is 4.39 Å². The third-order valence-corrected chi connectivity index (χ3v) is 4.60. The summed E-state index contributed by atoms with van der Waals surface area (Å²) in [4.78, 5) is 12.1. The number of nitrogens with two attached hydrogens (primary N) is 1. The summed E-state index contributed by atoms with van der Waals surface area (Å²) in [5.41, 5.74) is 6.48. The summed E-state index contributed by atoms with van der Waals surface area (Å²) in [7, 11) is 0. The Morgan fingerprint density at radius 1 is 1.23 bits per heavy atom. The van der Waals surface area contributed by atoms with Gasteiger partial charge in [-0.15, -0.1) is 11.3 Å². The van der Waals surface area contributed by atoms with Crippen LogP contribution < -0.4 is 10.5 Å². The maximum atomic E-state index is 14.0. The number of thiophene rings is 1. The van der Waals surface area contributed by atoms with Crippen LogP contribution in [0.2, 0.25) is 0 Å². The predicted molar refractivity (Wildman–Crippen MR) is 85.8 cm³/mol. The van der Waals surface area contributed by atoms with Crippen molar-refractivity contribution < 1.29 is 13.9 Å². The van der Waals surface area contributed by atoms with Crippen molar-refractivity contribution in [2.24, 2.45) is 5.73 Å². The molecule has 0 saturated carbocycles. The summed E-state index contributed by atoms with van der Waals surface area (Å²) in [5, 5.41) is 0.624. The number of rotatable bonds is 4. The number of carbonyl (C=O) groups is 1. The van der Waals surface area contributed by atoms with Crippen LogP contribution in [0.3, 0.4) is 0 Å². The van der Waals surface area contributed by atoms with Gasteiger partial charge in [0.1, 0.15) is 18.2 Å². The number of ether oxygens (including phenoxy) is 1. The maximum Gasteiger partial charge on any atom is 0.248 e. The van der Waals surface area contributed by atoms with E-state index >= 15 is 0 Å². The Morgan fingerprint density at radius 3 is 2.64 bits per heavy atom. The van der Waals surface area contributed by atoms with Crippen molar-refractivity contribution >= 4 is 27.3 Å². The van der Waals surface area contributed by atoms with Gasteiger partial charge in [0.05, 0.1) is 0 Å². The Kier molecular flexibility index (Phi) is 3.81. The van der Waals surface area contributed by atoms with E-state index in [2.05, 4.69) is 0 Å². The topological polar surface area (TPSA) is 52.3 Å². The molecular formula is C17H14FNO2S. The van der Waals surface area contributed by atoms with Gasteiger partial charge in [0.15, 0.2) is 0 Å². The van der Waals surface area contributed by atoms with Crippen LogP contribution in [0.25, 0.3) is 10.1 Å². The molecule has 0 aliphatic rings. The molecule has 1 heterocycles. The molecule has 3 nitrogen and oxygen atoms in total. The number of carbonyl (C=O) groups excluding carboxylic acids is 1. The van der Waals surface area contributed by atoms with E-state index in [1.54, 1.807) is 41.7 Å². The molecule has 112 valence electrons. The zero-order valence-electron chi connectivity index (χ0n) is 11.9. The molecule has 3 aromatic rings. The van der Waals surface area contributed by atoms with Crippen molar-refractivity contribution in [2.75, 3.05) is 0 Å². The molecule has 5 heteroatoms. The van der Waals surface area contributed by atoms with Crippen LogP contribution in [0.5, 0.6) is 5.75 Å². The van der Waals surface area contributed by atoms with Gasteiger partial charge in [0.25, 0.3) is 0 Å². The maximum absolute atomic E-state index is 14.0. The van der Waals surface area contributed by atoms with Gasteiger partial charge in [-0.25, -0.2) is 4.39 Å². The van der Waals surface area contributed by atoms with Gasteiger partial charge in [-0.05, 0) is 43.3 Å². The summed E-state index contributed by atoms with van der Waals surface area (Å²) in [6, 6.07) is 11.6. The first kappa shape index (κ1) is 14.5. The van der Waals surface area contributed by atoms with Crippen molar-refractivity contribution in [3.05, 3.63) is 64.3 Å². The van der Waals surface area contributed by atoms with Gasteiger partial charge in [-0.1, -0.05) is 6.07 Å². The minimum atomic E-state index is -0.478. The van der Waals surface area contributed by atoms with Crippen molar-refractivity contribution in [3.8, 4) is 5.75 Å². The first-order valence-electron chi connectivity index (χ1n) is 6.75. The van der Waals surface area contributed by atoms with Crippen LogP contribution in [-0.4, -0.2) is 5.91 Å². The van der Waals surface area contributed by atoms with Crippen LogP contribution in [0, 0.1) is 12.7 Å². The van der Waals surface area contributed by atoms with E-state index in [1.165, 1.54) is 6.07 Å². The quantitative estimate of drug-likeness (QED) is 0.790. The fourth-order valence-electron chi connectivity index (χ4n) is 2.33. The molecular weight excluding hydrogens is 301 g/mol. The number of aryl methyl sites for hydroxylation is 1. The van der Waals surface area contributed by atoms with E-state index in [9.17, 15) is 9.18 Å². The second-order valence-electron chi connectivity index (χ2n) is 4.93. The lowest BCUT2D eigenvalue weighted by Gasteiger charge is -2.07. The van der Waals surface area contributed by atoms with Gasteiger partial charge in [0.2, 0.25) is 5.91 Å². The summed E-state index contributed by atoms with van der Waals surface area (Å²) >= 11 is 1.55. The van der Waals surface area contributed by atoms with Crippen molar-refractivity contribution in [3.63, 3.8) is 0 Å². The highest BCUT2D eigenvalue weighted by Gasteiger charge is 2.13. The number of hydrogen-bond donors (Lipinski definition) is 1.